The monoisotopic (exact) mass is 632 g/mol. The van der Waals surface area contributed by atoms with Crippen molar-refractivity contribution < 1.29 is 91.4 Å². The number of benzene rings is 3. The minimum atomic E-state index is -1.33. The van der Waals surface area contributed by atoms with Crippen molar-refractivity contribution in [3.8, 4) is 0 Å². The molecule has 0 bridgehead atoms. The molecule has 0 spiro atoms. The SMILES string of the molecule is O=C([O-])c1ccc(C(=O)[O-])cc1.O=C([O-])c1ccc(C(=O)[O-])cc1.O=C([O-])c1ccc(C(=O)[O-])cc1.[CH2]1[CH2][Fe+3]1.[Fe+3]. The van der Waals surface area contributed by atoms with Gasteiger partial charge in [0.1, 0.15) is 0 Å². The van der Waals surface area contributed by atoms with E-state index in [-0.39, 0.29) is 50.4 Å². The third-order valence-corrected chi connectivity index (χ3v) is 4.80. The second kappa shape index (κ2) is 17.9. The second-order valence-corrected chi connectivity index (χ2v) is 8.64. The normalized spacial score (nSPS) is 10.0. The summed E-state index contributed by atoms with van der Waals surface area (Å²) >= 11 is 1.50. The molecule has 1 saturated heterocycles. The first-order valence-corrected chi connectivity index (χ1v) is 12.0. The van der Waals surface area contributed by atoms with Crippen molar-refractivity contribution >= 4 is 35.8 Å². The van der Waals surface area contributed by atoms with E-state index in [1.54, 1.807) is 0 Å². The smallest absolute Gasteiger partial charge is 3.00 e. The van der Waals surface area contributed by atoms with Gasteiger partial charge in [-0.05, 0) is 33.4 Å². The molecule has 0 N–H and O–H groups in total. The fourth-order valence-corrected chi connectivity index (χ4v) is 2.23. The Balaban J connectivity index is 0.000000533. The van der Waals surface area contributed by atoms with E-state index in [4.69, 9.17) is 0 Å². The van der Waals surface area contributed by atoms with Crippen molar-refractivity contribution in [1.29, 1.82) is 0 Å². The van der Waals surface area contributed by atoms with Crippen LogP contribution < -0.4 is 30.6 Å². The first-order valence-electron chi connectivity index (χ1n) is 10.4. The van der Waals surface area contributed by atoms with Crippen LogP contribution in [0.4, 0.5) is 0 Å². The summed E-state index contributed by atoms with van der Waals surface area (Å²) in [6.07, 6.45) is 0. The summed E-state index contributed by atoms with van der Waals surface area (Å²) in [5.74, 6) is -8.00. The molecule has 0 atom stereocenters. The number of hydrogen-bond acceptors (Lipinski definition) is 12. The Hall–Kier alpha value is -4.48. The fraction of sp³-hybridized carbons (Fsp3) is 0.0769. The Bertz CT molecular complexity index is 1060. The third kappa shape index (κ3) is 13.9. The van der Waals surface area contributed by atoms with Gasteiger partial charge in [0.15, 0.2) is 0 Å². The van der Waals surface area contributed by atoms with Crippen LogP contribution in [0.5, 0.6) is 0 Å². The zero-order valence-electron chi connectivity index (χ0n) is 19.9. The summed E-state index contributed by atoms with van der Waals surface area (Å²) in [7, 11) is 0. The summed E-state index contributed by atoms with van der Waals surface area (Å²) in [4.78, 5) is 61.2. The third-order valence-electron chi connectivity index (χ3n) is 4.25. The van der Waals surface area contributed by atoms with Crippen LogP contribution in [-0.2, 0) is 32.0 Å². The van der Waals surface area contributed by atoms with Crippen LogP contribution in [0.2, 0.25) is 10.6 Å². The van der Waals surface area contributed by atoms with Crippen LogP contribution in [0.1, 0.15) is 62.1 Å². The predicted molar refractivity (Wildman–Crippen MR) is 115 cm³/mol. The summed E-state index contributed by atoms with van der Waals surface area (Å²) in [5.41, 5.74) is -0.333. The van der Waals surface area contributed by atoms with Gasteiger partial charge in [0.2, 0.25) is 0 Å². The van der Waals surface area contributed by atoms with Crippen molar-refractivity contribution in [1.82, 2.24) is 0 Å². The van der Waals surface area contributed by atoms with Crippen molar-refractivity contribution in [2.24, 2.45) is 0 Å². The fourth-order valence-electron chi connectivity index (χ4n) is 2.23. The summed E-state index contributed by atoms with van der Waals surface area (Å²) in [5, 5.41) is 64.2. The zero-order valence-corrected chi connectivity index (χ0v) is 22.2. The van der Waals surface area contributed by atoms with E-state index >= 15 is 0 Å². The zero-order chi connectivity index (χ0) is 29.5. The van der Waals surface area contributed by atoms with Crippen molar-refractivity contribution in [3.05, 3.63) is 106 Å². The van der Waals surface area contributed by atoms with E-state index in [2.05, 4.69) is 0 Å². The molecule has 0 amide bonds. The van der Waals surface area contributed by atoms with Gasteiger partial charge in [0.05, 0.1) is 35.8 Å². The Labute approximate surface area is 243 Å². The summed E-state index contributed by atoms with van der Waals surface area (Å²) in [6.45, 7) is 0. The van der Waals surface area contributed by atoms with E-state index in [9.17, 15) is 59.4 Å². The topological polar surface area (TPSA) is 241 Å². The van der Waals surface area contributed by atoms with Crippen LogP contribution in [0.15, 0.2) is 72.8 Å². The van der Waals surface area contributed by atoms with Crippen LogP contribution in [-0.4, -0.2) is 35.8 Å². The Morgan fingerprint density at radius 2 is 0.475 bits per heavy atom. The summed E-state index contributed by atoms with van der Waals surface area (Å²) in [6, 6.07) is 13.8. The molecule has 1 fully saturated rings. The number of carboxylic acid groups (broad SMARTS) is 6. The van der Waals surface area contributed by atoms with E-state index in [0.717, 1.165) is 72.8 Å². The average molecular weight is 632 g/mol. The number of hydrogen-bond donors (Lipinski definition) is 0. The number of carboxylic acids is 6. The standard InChI is InChI=1S/3C8H6O4.C2H4.2Fe/c3*9-7(10)5-1-2-6(4-3-5)8(11)12;1-2;;/h3*1-4H,(H,9,10)(H,11,12);1-2H2;;/q;;;;2*+3/p-6. The van der Waals surface area contributed by atoms with Crippen LogP contribution in [0, 0.1) is 0 Å². The molecule has 14 heteroatoms. The minimum absolute atomic E-state index is 0. The molecule has 208 valence electrons. The first kappa shape index (κ1) is 35.5. The molecule has 1 radical (unpaired) electrons. The van der Waals surface area contributed by atoms with Crippen LogP contribution in [0.25, 0.3) is 0 Å². The molecule has 12 nitrogen and oxygen atoms in total. The number of carbonyl (C=O) groups excluding carboxylic acids is 6. The molecule has 0 aromatic heterocycles. The van der Waals surface area contributed by atoms with Gasteiger partial charge in [0.25, 0.3) is 0 Å². The van der Waals surface area contributed by atoms with Gasteiger partial charge in [-0.25, -0.2) is 0 Å². The number of carbonyl (C=O) groups is 6. The van der Waals surface area contributed by atoms with E-state index in [0.29, 0.717) is 0 Å². The van der Waals surface area contributed by atoms with E-state index in [1.807, 2.05) is 0 Å². The number of rotatable bonds is 6. The van der Waals surface area contributed by atoms with Gasteiger partial charge in [-0.1, -0.05) is 72.8 Å². The largest absolute Gasteiger partial charge is 3.00 e. The van der Waals surface area contributed by atoms with Gasteiger partial charge in [-0.15, -0.1) is 0 Å². The van der Waals surface area contributed by atoms with Crippen LogP contribution in [0.3, 0.4) is 0 Å². The van der Waals surface area contributed by atoms with Crippen molar-refractivity contribution in [2.75, 3.05) is 0 Å². The van der Waals surface area contributed by atoms with Crippen LogP contribution >= 0.6 is 0 Å². The first-order chi connectivity index (χ1) is 18.3. The predicted octanol–water partition coefficient (Wildman–Crippen LogP) is -3.84. The molecule has 3 aromatic rings. The molecule has 3 aromatic carbocycles. The molecule has 40 heavy (non-hydrogen) atoms. The van der Waals surface area contributed by atoms with Gasteiger partial charge >= 0.3 is 42.7 Å². The van der Waals surface area contributed by atoms with E-state index in [1.165, 1.54) is 25.6 Å². The van der Waals surface area contributed by atoms with Crippen molar-refractivity contribution in [3.63, 3.8) is 0 Å². The van der Waals surface area contributed by atoms with Crippen molar-refractivity contribution in [2.45, 2.75) is 10.6 Å². The molecule has 0 aliphatic carbocycles. The molecular weight excluding hydrogens is 616 g/mol. The minimum Gasteiger partial charge on any atom is 3.00 e. The summed E-state index contributed by atoms with van der Waals surface area (Å²) < 4.78 is 0. The molecule has 0 saturated carbocycles. The molecule has 4 rings (SSSR count). The van der Waals surface area contributed by atoms with Gasteiger partial charge < -0.3 is 59.4 Å². The Morgan fingerprint density at radius 1 is 0.375 bits per heavy atom. The van der Waals surface area contributed by atoms with Gasteiger partial charge in [0, 0.05) is 0 Å². The molecular formula is C26H16Fe2O12. The maximum absolute atomic E-state index is 10.2. The molecule has 1 aliphatic rings. The molecule has 1 aliphatic heterocycles. The quantitative estimate of drug-likeness (QED) is 0.237. The molecule has 0 unspecified atom stereocenters. The van der Waals surface area contributed by atoms with Gasteiger partial charge in [-0.3, -0.25) is 0 Å². The second-order valence-electron chi connectivity index (χ2n) is 6.99. The van der Waals surface area contributed by atoms with Gasteiger partial charge in [-0.2, -0.15) is 0 Å². The van der Waals surface area contributed by atoms with E-state index < -0.39 is 35.8 Å². The molecule has 1 heterocycles. The Morgan fingerprint density at radius 3 is 0.525 bits per heavy atom. The maximum atomic E-state index is 10.2. The number of aromatic carboxylic acids is 6. The Kier molecular flexibility index (Phi) is 15.9. The average Bonchev–Trinajstić information content (AvgIpc) is 3.79. The maximum Gasteiger partial charge on any atom is 3.00 e.